The number of anilines is 6. The second-order valence-corrected chi connectivity index (χ2v) is 15.8. The van der Waals surface area contributed by atoms with Crippen LogP contribution in [0.2, 0.25) is 0 Å². The topological polar surface area (TPSA) is 184 Å². The van der Waals surface area contributed by atoms with E-state index in [1.54, 1.807) is 30.1 Å². The summed E-state index contributed by atoms with van der Waals surface area (Å²) in [6.45, 7) is 3.26. The van der Waals surface area contributed by atoms with Crippen molar-refractivity contribution in [2.75, 3.05) is 41.1 Å². The minimum absolute atomic E-state index is 0. The Bertz CT molecular complexity index is 3020. The first-order chi connectivity index (χ1) is 32.0. The fourth-order valence-corrected chi connectivity index (χ4v) is 7.67. The van der Waals surface area contributed by atoms with Gasteiger partial charge in [-0.2, -0.15) is 0 Å². The van der Waals surface area contributed by atoms with Gasteiger partial charge in [0.15, 0.2) is 0 Å². The molecule has 15 heteroatoms. The fourth-order valence-electron chi connectivity index (χ4n) is 7.67. The van der Waals surface area contributed by atoms with Gasteiger partial charge in [-0.25, -0.2) is 9.97 Å². The van der Waals surface area contributed by atoms with Crippen LogP contribution < -0.4 is 60.3 Å². The van der Waals surface area contributed by atoms with Crippen LogP contribution in [0.1, 0.15) is 38.7 Å². The van der Waals surface area contributed by atoms with Crippen molar-refractivity contribution in [1.29, 1.82) is 0 Å². The summed E-state index contributed by atoms with van der Waals surface area (Å²) in [5.74, 6) is -2.55. The van der Waals surface area contributed by atoms with Crippen molar-refractivity contribution >= 4 is 102 Å². The number of carboxylic acid groups (broad SMARTS) is 1. The fraction of sp³-hybridized carbons (Fsp3) is 0.192. The number of rotatable bonds is 18. The van der Waals surface area contributed by atoms with Crippen molar-refractivity contribution in [3.63, 3.8) is 0 Å². The monoisotopic (exact) mass is 906 g/mol. The normalized spacial score (nSPS) is 11.4. The maximum absolute atomic E-state index is 12.7. The van der Waals surface area contributed by atoms with Crippen LogP contribution in [0.5, 0.6) is 5.75 Å². The summed E-state index contributed by atoms with van der Waals surface area (Å²) in [7, 11) is 1.64. The van der Waals surface area contributed by atoms with E-state index in [1.165, 1.54) is 13.8 Å². The Morgan fingerprint density at radius 2 is 1.13 bits per heavy atom. The number of pyridine rings is 2. The predicted molar refractivity (Wildman–Crippen MR) is 255 cm³/mol. The van der Waals surface area contributed by atoms with Crippen molar-refractivity contribution in [3.8, 4) is 5.75 Å². The number of carboxylic acids is 1. The van der Waals surface area contributed by atoms with Crippen molar-refractivity contribution in [2.24, 2.45) is 0 Å². The van der Waals surface area contributed by atoms with Crippen LogP contribution in [0.15, 0.2) is 133 Å². The van der Waals surface area contributed by atoms with Crippen LogP contribution in [-0.4, -0.2) is 60.1 Å². The van der Waals surface area contributed by atoms with E-state index in [9.17, 15) is 24.3 Å². The van der Waals surface area contributed by atoms with Crippen LogP contribution in [-0.2, 0) is 35.3 Å². The number of nitrogens with one attached hydrogen (secondary N) is 3. The van der Waals surface area contributed by atoms with E-state index < -0.39 is 23.9 Å². The molecule has 2 aromatic heterocycles. The molecule has 0 fully saturated rings. The molecule has 0 saturated heterocycles. The molecule has 6 aromatic carbocycles. The number of carbonyl (C=O) groups excluding carboxylic acids is 4. The Labute approximate surface area is 408 Å². The molecule has 1 atom stereocenters. The first-order valence-electron chi connectivity index (χ1n) is 21.5. The van der Waals surface area contributed by atoms with Gasteiger partial charge in [-0.05, 0) is 67.4 Å². The van der Waals surface area contributed by atoms with E-state index in [0.717, 1.165) is 66.2 Å². The number of ether oxygens (including phenoxy) is 3. The number of hydrogen-bond donors (Lipinski definition) is 3. The van der Waals surface area contributed by atoms with Crippen LogP contribution in [0, 0.1) is 0 Å². The minimum Gasteiger partial charge on any atom is -0.548 e. The maximum atomic E-state index is 12.7. The smallest absolute Gasteiger partial charge is 0.548 e. The Morgan fingerprint density at radius 1 is 0.642 bits per heavy atom. The number of fused-ring (bicyclic) bond motifs is 4. The number of likely N-dealkylation sites (N-methyl/N-ethyl adjacent to an activating group) is 1. The van der Waals surface area contributed by atoms with Crippen LogP contribution in [0.4, 0.5) is 34.1 Å². The third kappa shape index (κ3) is 11.8. The van der Waals surface area contributed by atoms with Gasteiger partial charge in [0.1, 0.15) is 5.75 Å². The van der Waals surface area contributed by atoms with Crippen LogP contribution in [0.3, 0.4) is 0 Å². The van der Waals surface area contributed by atoms with Crippen molar-refractivity contribution in [2.45, 2.75) is 45.8 Å². The van der Waals surface area contributed by atoms with Gasteiger partial charge in [-0.1, -0.05) is 72.8 Å². The molecule has 3 N–H and O–H groups in total. The first-order valence-corrected chi connectivity index (χ1v) is 21.5. The number of amides is 1. The molecule has 8 aromatic rings. The summed E-state index contributed by atoms with van der Waals surface area (Å²) < 4.78 is 17.0. The van der Waals surface area contributed by atoms with Crippen LogP contribution in [0.25, 0.3) is 43.6 Å². The van der Waals surface area contributed by atoms with Gasteiger partial charge in [0.25, 0.3) is 0 Å². The number of carbonyl (C=O) groups is 4. The summed E-state index contributed by atoms with van der Waals surface area (Å²) in [5, 5.41) is 25.4. The Morgan fingerprint density at radius 3 is 1.66 bits per heavy atom. The maximum Gasteiger partial charge on any atom is 1.00 e. The molecule has 0 aliphatic carbocycles. The predicted octanol–water partition coefficient (Wildman–Crippen LogP) is 5.95. The van der Waals surface area contributed by atoms with Crippen molar-refractivity contribution in [3.05, 3.63) is 139 Å². The number of hydrogen-bond acceptors (Lipinski definition) is 13. The zero-order valence-electron chi connectivity index (χ0n) is 37.6. The molecule has 0 aliphatic heterocycles. The summed E-state index contributed by atoms with van der Waals surface area (Å²) in [6, 6.07) is 41.2. The summed E-state index contributed by atoms with van der Waals surface area (Å²) in [4.78, 5) is 60.4. The summed E-state index contributed by atoms with van der Waals surface area (Å²) >= 11 is 0. The van der Waals surface area contributed by atoms with Gasteiger partial charge in [0, 0.05) is 83.4 Å². The average molecular weight is 907 g/mol. The van der Waals surface area contributed by atoms with Gasteiger partial charge in [0.05, 0.1) is 65.1 Å². The van der Waals surface area contributed by atoms with Crippen molar-refractivity contribution in [1.82, 2.24) is 9.97 Å². The largest absolute Gasteiger partial charge is 1.00 e. The molecule has 1 amide bonds. The van der Waals surface area contributed by atoms with E-state index in [0.29, 0.717) is 29.2 Å². The third-order valence-electron chi connectivity index (χ3n) is 11.0. The number of aromatic nitrogens is 2. The molecular weight excluding hydrogens is 860 g/mol. The number of aliphatic carboxylic acids is 1. The zero-order chi connectivity index (χ0) is 46.2. The van der Waals surface area contributed by atoms with Gasteiger partial charge in [0.2, 0.25) is 5.91 Å². The molecule has 0 saturated carbocycles. The minimum atomic E-state index is -1.25. The molecule has 0 aliphatic rings. The van der Waals surface area contributed by atoms with E-state index in [4.69, 9.17) is 24.2 Å². The Balaban J connectivity index is 0.00000666. The van der Waals surface area contributed by atoms with Crippen LogP contribution >= 0.6 is 0 Å². The van der Waals surface area contributed by atoms with Gasteiger partial charge in [-0.15, -0.1) is 0 Å². The van der Waals surface area contributed by atoms with E-state index in [-0.39, 0.29) is 68.1 Å². The summed E-state index contributed by atoms with van der Waals surface area (Å²) in [6.07, 6.45) is 0.0364. The molecule has 67 heavy (non-hydrogen) atoms. The van der Waals surface area contributed by atoms with Gasteiger partial charge < -0.3 is 45.0 Å². The molecular formula is C52H47N6NaO8. The van der Waals surface area contributed by atoms with E-state index >= 15 is 0 Å². The van der Waals surface area contributed by atoms with E-state index in [2.05, 4.69) is 16.0 Å². The third-order valence-corrected chi connectivity index (χ3v) is 11.0. The standard InChI is InChI=1S/C52H48N6O8.Na/c1-32(52(62)63)58(3)38-28-37(55-51-42-15-6-10-19-46(42)57-47-20-11-7-16-43(47)51)29-39(30-38)65-24-22-49(61)66-48(60)21-12-23-64-31-34-25-35(53-33(2)59)27-36(26-34)54-50-40-13-4-8-17-44(40)56-45-18-9-5-14-41(45)50;/h4-11,13-20,25-30,32H,12,21-24,31H2,1-3H3,(H,53,59)(H,54,56)(H,55,57)(H,62,63);/q;+1/p-1. The number of para-hydroxylation sites is 4. The molecule has 0 bridgehead atoms. The molecule has 14 nitrogen and oxygen atoms in total. The number of esters is 2. The first kappa shape index (κ1) is 47.9. The molecule has 0 radical (unpaired) electrons. The molecule has 334 valence electrons. The Kier molecular flexibility index (Phi) is 15.7. The molecule has 2 heterocycles. The van der Waals surface area contributed by atoms with E-state index in [1.807, 2.05) is 115 Å². The summed E-state index contributed by atoms with van der Waals surface area (Å²) in [5.41, 5.74) is 8.24. The van der Waals surface area contributed by atoms with Gasteiger partial charge in [-0.3, -0.25) is 14.4 Å². The SMILES string of the molecule is CC(=O)Nc1cc(COCCCC(=O)OC(=O)CCOc2cc(Nc3c4ccccc4nc4ccccc34)cc(N(C)C(C)C(=O)[O-])c2)cc(Nc2c3ccccc3nc3ccccc23)c1.[Na+]. The number of nitrogens with zero attached hydrogens (tertiary/aromatic N) is 3. The van der Waals surface area contributed by atoms with Gasteiger partial charge >= 0.3 is 41.5 Å². The molecule has 8 rings (SSSR count). The number of benzene rings is 6. The Hall–Kier alpha value is -7.10. The molecule has 1 unspecified atom stereocenters. The second kappa shape index (κ2) is 21.9. The zero-order valence-corrected chi connectivity index (χ0v) is 39.6. The second-order valence-electron chi connectivity index (χ2n) is 15.8. The quantitative estimate of drug-likeness (QED) is 0.0302. The molecule has 0 spiro atoms. The average Bonchev–Trinajstić information content (AvgIpc) is 3.30. The van der Waals surface area contributed by atoms with Crippen molar-refractivity contribution < 1.29 is 68.1 Å².